The van der Waals surface area contributed by atoms with Crippen LogP contribution in [0.25, 0.3) is 0 Å². The van der Waals surface area contributed by atoms with E-state index in [2.05, 4.69) is 26.8 Å². The molecule has 1 aliphatic rings. The van der Waals surface area contributed by atoms with Crippen LogP contribution in [0.3, 0.4) is 0 Å². The van der Waals surface area contributed by atoms with Crippen LogP contribution in [-0.4, -0.2) is 37.1 Å². The van der Waals surface area contributed by atoms with Gasteiger partial charge in [0.05, 0.1) is 13.2 Å². The fourth-order valence-electron chi connectivity index (χ4n) is 1.96. The lowest BCUT2D eigenvalue weighted by molar-refractivity contribution is -0.134. The van der Waals surface area contributed by atoms with Crippen LogP contribution in [0.2, 0.25) is 0 Å². The minimum absolute atomic E-state index is 0.00715. The van der Waals surface area contributed by atoms with Crippen LogP contribution in [0.1, 0.15) is 35.9 Å². The second kappa shape index (κ2) is 5.81. The van der Waals surface area contributed by atoms with Gasteiger partial charge in [0.1, 0.15) is 5.38 Å². The second-order valence-corrected chi connectivity index (χ2v) is 7.30. The zero-order chi connectivity index (χ0) is 14.0. The summed E-state index contributed by atoms with van der Waals surface area (Å²) in [5.74, 6) is -0.00715. The van der Waals surface area contributed by atoms with E-state index < -0.39 is 5.38 Å². The van der Waals surface area contributed by atoms with Crippen LogP contribution >= 0.6 is 22.9 Å². The standard InChI is InChI=1S/C14H20ClNO2S/c1-14(2,3)11-5-4-10(19-11)12(15)13(17)16-6-8-18-9-7-16/h4-5,12H,6-9H2,1-3H3. The maximum atomic E-state index is 12.3. The number of alkyl halides is 1. The fourth-order valence-corrected chi connectivity index (χ4v) is 3.34. The van der Waals surface area contributed by atoms with Crippen LogP contribution in [0.15, 0.2) is 12.1 Å². The Kier molecular flexibility index (Phi) is 4.54. The molecule has 0 N–H and O–H groups in total. The average molecular weight is 302 g/mol. The summed E-state index contributed by atoms with van der Waals surface area (Å²) in [6.07, 6.45) is 0. The predicted octanol–water partition coefficient (Wildman–Crippen LogP) is 3.18. The van der Waals surface area contributed by atoms with Crippen LogP contribution in [0, 0.1) is 0 Å². The van der Waals surface area contributed by atoms with Gasteiger partial charge in [0.15, 0.2) is 0 Å². The number of carbonyl (C=O) groups is 1. The predicted molar refractivity (Wildman–Crippen MR) is 79.0 cm³/mol. The molecule has 1 aromatic rings. The Labute approximate surface area is 123 Å². The van der Waals surface area contributed by atoms with E-state index in [0.717, 1.165) is 4.88 Å². The molecule has 2 rings (SSSR count). The summed E-state index contributed by atoms with van der Waals surface area (Å²) in [5, 5.41) is -0.570. The van der Waals surface area contributed by atoms with Crippen molar-refractivity contribution in [2.24, 2.45) is 0 Å². The zero-order valence-corrected chi connectivity index (χ0v) is 13.2. The molecule has 19 heavy (non-hydrogen) atoms. The van der Waals surface area contributed by atoms with Gasteiger partial charge in [-0.3, -0.25) is 4.79 Å². The highest BCUT2D eigenvalue weighted by molar-refractivity contribution is 7.12. The molecular weight excluding hydrogens is 282 g/mol. The van der Waals surface area contributed by atoms with E-state index in [9.17, 15) is 4.79 Å². The monoisotopic (exact) mass is 301 g/mol. The van der Waals surface area contributed by atoms with Crippen molar-refractivity contribution < 1.29 is 9.53 Å². The Morgan fingerprint density at radius 2 is 2.00 bits per heavy atom. The van der Waals surface area contributed by atoms with E-state index in [1.54, 1.807) is 16.2 Å². The number of ether oxygens (including phenoxy) is 1. The van der Waals surface area contributed by atoms with Crippen molar-refractivity contribution in [3.63, 3.8) is 0 Å². The molecule has 3 nitrogen and oxygen atoms in total. The Morgan fingerprint density at radius 3 is 2.53 bits per heavy atom. The molecule has 0 aromatic carbocycles. The molecule has 106 valence electrons. The number of hydrogen-bond acceptors (Lipinski definition) is 3. The van der Waals surface area contributed by atoms with Crippen molar-refractivity contribution in [3.05, 3.63) is 21.9 Å². The summed E-state index contributed by atoms with van der Waals surface area (Å²) in [6, 6.07) is 4.04. The largest absolute Gasteiger partial charge is 0.378 e. The average Bonchev–Trinajstić information content (AvgIpc) is 2.87. The number of morpholine rings is 1. The second-order valence-electron chi connectivity index (χ2n) is 5.75. The maximum Gasteiger partial charge on any atom is 0.246 e. The van der Waals surface area contributed by atoms with Crippen molar-refractivity contribution in [2.75, 3.05) is 26.3 Å². The summed E-state index contributed by atoms with van der Waals surface area (Å²) in [5.41, 5.74) is 0.0987. The highest BCUT2D eigenvalue weighted by atomic mass is 35.5. The highest BCUT2D eigenvalue weighted by Gasteiger charge is 2.27. The number of halogens is 1. The normalized spacial score (nSPS) is 18.4. The number of nitrogens with zero attached hydrogens (tertiary/aromatic N) is 1. The van der Waals surface area contributed by atoms with Crippen molar-refractivity contribution in [2.45, 2.75) is 31.6 Å². The van der Waals surface area contributed by atoms with Gasteiger partial charge in [0.25, 0.3) is 0 Å². The summed E-state index contributed by atoms with van der Waals surface area (Å²) < 4.78 is 5.25. The fraction of sp³-hybridized carbons (Fsp3) is 0.643. The molecule has 1 unspecified atom stereocenters. The molecule has 0 aliphatic carbocycles. The van der Waals surface area contributed by atoms with E-state index in [-0.39, 0.29) is 11.3 Å². The van der Waals surface area contributed by atoms with Gasteiger partial charge in [0, 0.05) is 22.8 Å². The van der Waals surface area contributed by atoms with Gasteiger partial charge in [-0.15, -0.1) is 22.9 Å². The van der Waals surface area contributed by atoms with Crippen molar-refractivity contribution in [1.29, 1.82) is 0 Å². The SMILES string of the molecule is CC(C)(C)c1ccc(C(Cl)C(=O)N2CCOCC2)s1. The molecule has 1 fully saturated rings. The van der Waals surface area contributed by atoms with Crippen LogP contribution < -0.4 is 0 Å². The van der Waals surface area contributed by atoms with Gasteiger partial charge in [-0.05, 0) is 17.5 Å². The van der Waals surface area contributed by atoms with E-state index in [1.807, 2.05) is 6.07 Å². The van der Waals surface area contributed by atoms with Crippen LogP contribution in [0.5, 0.6) is 0 Å². The molecule has 1 amide bonds. The first kappa shape index (κ1) is 14.8. The molecule has 5 heteroatoms. The number of carbonyl (C=O) groups excluding carboxylic acids is 1. The first-order valence-corrected chi connectivity index (χ1v) is 7.75. The molecule has 1 atom stereocenters. The smallest absolute Gasteiger partial charge is 0.246 e. The van der Waals surface area contributed by atoms with Gasteiger partial charge in [-0.25, -0.2) is 0 Å². The molecule has 1 saturated heterocycles. The highest BCUT2D eigenvalue weighted by Crippen LogP contribution is 2.35. The zero-order valence-electron chi connectivity index (χ0n) is 11.6. The number of rotatable bonds is 2. The third-order valence-corrected chi connectivity index (χ3v) is 5.28. The molecule has 0 spiro atoms. The van der Waals surface area contributed by atoms with Gasteiger partial charge in [0.2, 0.25) is 5.91 Å². The number of thiophene rings is 1. The summed E-state index contributed by atoms with van der Waals surface area (Å²) in [7, 11) is 0. The van der Waals surface area contributed by atoms with Crippen molar-refractivity contribution in [1.82, 2.24) is 4.90 Å². The Morgan fingerprint density at radius 1 is 1.37 bits per heavy atom. The Bertz CT molecular complexity index is 447. The molecule has 0 saturated carbocycles. The third kappa shape index (κ3) is 3.50. The van der Waals surface area contributed by atoms with E-state index in [0.29, 0.717) is 26.3 Å². The van der Waals surface area contributed by atoms with E-state index >= 15 is 0 Å². The maximum absolute atomic E-state index is 12.3. The van der Waals surface area contributed by atoms with Crippen molar-refractivity contribution in [3.8, 4) is 0 Å². The number of hydrogen-bond donors (Lipinski definition) is 0. The summed E-state index contributed by atoms with van der Waals surface area (Å²) in [4.78, 5) is 16.3. The summed E-state index contributed by atoms with van der Waals surface area (Å²) >= 11 is 7.96. The Hall–Kier alpha value is -0.580. The van der Waals surface area contributed by atoms with Gasteiger partial charge in [-0.1, -0.05) is 20.8 Å². The molecule has 0 radical (unpaired) electrons. The quantitative estimate of drug-likeness (QED) is 0.785. The molecule has 2 heterocycles. The van der Waals surface area contributed by atoms with Crippen LogP contribution in [0.4, 0.5) is 0 Å². The van der Waals surface area contributed by atoms with E-state index in [1.165, 1.54) is 4.88 Å². The first-order valence-electron chi connectivity index (χ1n) is 6.50. The first-order chi connectivity index (χ1) is 8.89. The minimum atomic E-state index is -0.570. The molecule has 1 aliphatic heterocycles. The van der Waals surface area contributed by atoms with Gasteiger partial charge < -0.3 is 9.64 Å². The van der Waals surface area contributed by atoms with Crippen molar-refractivity contribution >= 4 is 28.8 Å². The molecule has 0 bridgehead atoms. The lowest BCUT2D eigenvalue weighted by Crippen LogP contribution is -2.42. The lowest BCUT2D eigenvalue weighted by Gasteiger charge is -2.28. The molecular formula is C14H20ClNO2S. The molecule has 1 aromatic heterocycles. The lowest BCUT2D eigenvalue weighted by atomic mass is 9.95. The van der Waals surface area contributed by atoms with E-state index in [4.69, 9.17) is 16.3 Å². The topological polar surface area (TPSA) is 29.5 Å². The number of amides is 1. The minimum Gasteiger partial charge on any atom is -0.378 e. The third-order valence-electron chi connectivity index (χ3n) is 3.16. The summed E-state index contributed by atoms with van der Waals surface area (Å²) in [6.45, 7) is 8.97. The van der Waals surface area contributed by atoms with Crippen LogP contribution in [-0.2, 0) is 14.9 Å². The Balaban J connectivity index is 2.08. The van der Waals surface area contributed by atoms with Gasteiger partial charge in [-0.2, -0.15) is 0 Å². The van der Waals surface area contributed by atoms with Gasteiger partial charge >= 0.3 is 0 Å².